The highest BCUT2D eigenvalue weighted by Crippen LogP contribution is 2.79. The molecule has 0 radical (unpaired) electrons. The molecule has 0 amide bonds. The van der Waals surface area contributed by atoms with Gasteiger partial charge in [0.2, 0.25) is 0 Å². The van der Waals surface area contributed by atoms with Crippen molar-refractivity contribution < 1.29 is 0 Å². The maximum Gasteiger partial charge on any atom is 0.198 e. The van der Waals surface area contributed by atoms with Crippen LogP contribution in [0.25, 0.3) is 0 Å². The first-order valence-electron chi connectivity index (χ1n) is 13.3. The Labute approximate surface area is 230 Å². The van der Waals surface area contributed by atoms with Gasteiger partial charge in [0, 0.05) is 19.6 Å². The molecule has 1 nitrogen and oxygen atoms in total. The van der Waals surface area contributed by atoms with Gasteiger partial charge in [-0.1, -0.05) is 127 Å². The van der Waals surface area contributed by atoms with Crippen molar-refractivity contribution >= 4 is 47.7 Å². The van der Waals surface area contributed by atoms with E-state index in [1.54, 1.807) is 0 Å². The molecule has 0 saturated heterocycles. The van der Waals surface area contributed by atoms with Crippen LogP contribution < -0.4 is 26.5 Å². The van der Waals surface area contributed by atoms with E-state index < -0.39 is 13.7 Å². The van der Waals surface area contributed by atoms with Gasteiger partial charge in [-0.05, 0) is 54.0 Å². The van der Waals surface area contributed by atoms with Gasteiger partial charge >= 0.3 is 0 Å². The van der Waals surface area contributed by atoms with Gasteiger partial charge in [-0.3, -0.25) is 0 Å². The first-order valence-corrected chi connectivity index (χ1v) is 19.2. The number of nitrogens with zero attached hydrogens (tertiary/aromatic N) is 1. The lowest BCUT2D eigenvalue weighted by molar-refractivity contribution is 0.512. The predicted octanol–water partition coefficient (Wildman–Crippen LogP) is 7.68. The molecule has 0 aliphatic carbocycles. The van der Waals surface area contributed by atoms with Crippen LogP contribution in [0.2, 0.25) is 0 Å². The van der Waals surface area contributed by atoms with Gasteiger partial charge < -0.3 is 0 Å². The van der Waals surface area contributed by atoms with Crippen molar-refractivity contribution in [2.24, 2.45) is 0 Å². The average Bonchev–Trinajstić information content (AvgIpc) is 3.02. The highest BCUT2D eigenvalue weighted by molar-refractivity contribution is 8.52. The zero-order valence-corrected chi connectivity index (χ0v) is 24.8. The smallest absolute Gasteiger partial charge is 0.164 e. The normalized spacial score (nSPS) is 12.1. The van der Waals surface area contributed by atoms with Gasteiger partial charge in [-0.15, -0.1) is 0 Å². The van der Waals surface area contributed by atoms with Gasteiger partial charge in [-0.25, -0.2) is 0 Å². The first kappa shape index (κ1) is 26.8. The van der Waals surface area contributed by atoms with Crippen molar-refractivity contribution in [1.82, 2.24) is 4.67 Å². The van der Waals surface area contributed by atoms with E-state index in [1.807, 2.05) is 0 Å². The van der Waals surface area contributed by atoms with E-state index in [4.69, 9.17) is 0 Å². The van der Waals surface area contributed by atoms with E-state index in [0.717, 1.165) is 13.1 Å². The summed E-state index contributed by atoms with van der Waals surface area (Å²) >= 11 is 0. The molecule has 4 heteroatoms. The van der Waals surface area contributed by atoms with Gasteiger partial charge in [0.1, 0.15) is 18.2 Å². The first-order chi connectivity index (χ1) is 18.8. The second-order valence-electron chi connectivity index (χ2n) is 9.14. The minimum Gasteiger partial charge on any atom is -0.164 e. The van der Waals surface area contributed by atoms with Crippen LogP contribution in [0, 0.1) is 0 Å². The summed E-state index contributed by atoms with van der Waals surface area (Å²) in [5.74, 6) is 0. The Balaban J connectivity index is 2.05. The Hall–Kier alpha value is -2.78. The summed E-state index contributed by atoms with van der Waals surface area (Å²) in [7, 11) is -0.604. The standard InChI is InChI=1S/C34H35NP3/c1-3-35(4-2)38(33-26-16-8-17-27-33,34-28-18-9-19-29-34)36-37(30-20-10-5-11-21-30,31-22-12-6-13-23-31)32-24-14-7-15-25-32/h5-29H,3-4H2,1-2H3/q+1. The molecule has 0 fully saturated rings. The molecular weight excluding hydrogens is 515 g/mol. The molecule has 0 aliphatic rings. The van der Waals surface area contributed by atoms with Gasteiger partial charge in [0.25, 0.3) is 0 Å². The molecule has 5 aromatic rings. The zero-order valence-electron chi connectivity index (χ0n) is 22.1. The van der Waals surface area contributed by atoms with E-state index in [0.29, 0.717) is 0 Å². The van der Waals surface area contributed by atoms with Gasteiger partial charge in [0.05, 0.1) is 0 Å². The minimum absolute atomic E-state index is 0.999. The Morgan fingerprint density at radius 3 is 1.05 bits per heavy atom. The Kier molecular flexibility index (Phi) is 8.74. The van der Waals surface area contributed by atoms with Crippen molar-refractivity contribution in [1.29, 1.82) is 0 Å². The predicted molar refractivity (Wildman–Crippen MR) is 174 cm³/mol. The molecule has 0 unspecified atom stereocenters. The Bertz CT molecular complexity index is 1330. The summed E-state index contributed by atoms with van der Waals surface area (Å²) in [6.07, 6.45) is 0. The lowest BCUT2D eigenvalue weighted by Gasteiger charge is -2.36. The Morgan fingerprint density at radius 2 is 0.763 bits per heavy atom. The highest BCUT2D eigenvalue weighted by atomic mass is 32.3. The molecular formula is C34H35NP3+. The number of rotatable bonds is 9. The molecule has 0 atom stereocenters. The molecule has 0 aromatic heterocycles. The molecule has 0 heterocycles. The SMILES string of the molecule is CCN(CC)[P+](P=P(c1ccccc1)(c1ccccc1)c1ccccc1)(c1ccccc1)c1ccccc1. The van der Waals surface area contributed by atoms with Crippen LogP contribution in [0.4, 0.5) is 0 Å². The second-order valence-corrected chi connectivity index (χ2v) is 20.6. The summed E-state index contributed by atoms with van der Waals surface area (Å²) in [5.41, 5.74) is 0. The van der Waals surface area contributed by atoms with Crippen molar-refractivity contribution in [2.75, 3.05) is 13.1 Å². The van der Waals surface area contributed by atoms with E-state index in [9.17, 15) is 0 Å². The van der Waals surface area contributed by atoms with E-state index in [1.165, 1.54) is 34.1 Å². The Morgan fingerprint density at radius 1 is 0.474 bits per heavy atom. The lowest BCUT2D eigenvalue weighted by atomic mass is 10.4. The largest absolute Gasteiger partial charge is 0.198 e. The number of hydrogen-bond donors (Lipinski definition) is 0. The fourth-order valence-electron chi connectivity index (χ4n) is 5.27. The van der Waals surface area contributed by atoms with Crippen molar-refractivity contribution in [2.45, 2.75) is 13.8 Å². The van der Waals surface area contributed by atoms with Crippen LogP contribution in [0.1, 0.15) is 13.8 Å². The second kappa shape index (κ2) is 12.4. The minimum atomic E-state index is -2.11. The maximum absolute atomic E-state index is 2.78. The molecule has 5 aromatic carbocycles. The van der Waals surface area contributed by atoms with E-state index in [2.05, 4.69) is 170 Å². The van der Waals surface area contributed by atoms with E-state index in [-0.39, 0.29) is 0 Å². The molecule has 5 rings (SSSR count). The number of hydrogen-bond acceptors (Lipinski definition) is 1. The molecule has 190 valence electrons. The van der Waals surface area contributed by atoms with Crippen LogP contribution in [0.5, 0.6) is 0 Å². The van der Waals surface area contributed by atoms with E-state index >= 15 is 0 Å². The lowest BCUT2D eigenvalue weighted by Crippen LogP contribution is -2.35. The van der Waals surface area contributed by atoms with Crippen LogP contribution >= 0.6 is 21.2 Å². The summed E-state index contributed by atoms with van der Waals surface area (Å²) in [6, 6.07) is 56.6. The molecule has 0 aliphatic heterocycles. The average molecular weight is 551 g/mol. The van der Waals surface area contributed by atoms with Gasteiger partial charge in [-0.2, -0.15) is 4.67 Å². The van der Waals surface area contributed by atoms with Gasteiger partial charge in [0.15, 0.2) is 7.10 Å². The molecule has 0 N–H and O–H groups in total. The third kappa shape index (κ3) is 4.98. The summed E-state index contributed by atoms with van der Waals surface area (Å²) in [5, 5.41) is 7.19. The zero-order chi connectivity index (χ0) is 26.3. The van der Waals surface area contributed by atoms with Crippen molar-refractivity contribution in [3.8, 4) is 0 Å². The van der Waals surface area contributed by atoms with Crippen molar-refractivity contribution in [3.05, 3.63) is 152 Å². The third-order valence-electron chi connectivity index (χ3n) is 7.03. The topological polar surface area (TPSA) is 3.24 Å². The van der Waals surface area contributed by atoms with Crippen LogP contribution in [0.3, 0.4) is 0 Å². The summed E-state index contributed by atoms with van der Waals surface area (Å²) < 4.78 is 2.78. The van der Waals surface area contributed by atoms with Crippen LogP contribution in [0.15, 0.2) is 152 Å². The fourth-order valence-corrected chi connectivity index (χ4v) is 26.9. The molecule has 0 saturated carbocycles. The third-order valence-corrected chi connectivity index (χ3v) is 24.7. The maximum atomic E-state index is 2.78. The fraction of sp³-hybridized carbons (Fsp3) is 0.118. The molecule has 0 spiro atoms. The highest BCUT2D eigenvalue weighted by Gasteiger charge is 2.50. The molecule has 0 bridgehead atoms. The monoisotopic (exact) mass is 550 g/mol. The number of benzene rings is 5. The quantitative estimate of drug-likeness (QED) is 0.170. The van der Waals surface area contributed by atoms with Crippen LogP contribution in [-0.4, -0.2) is 17.8 Å². The summed E-state index contributed by atoms with van der Waals surface area (Å²) in [4.78, 5) is 0. The summed E-state index contributed by atoms with van der Waals surface area (Å²) in [6.45, 7) is 4.55. The molecule has 38 heavy (non-hydrogen) atoms. The van der Waals surface area contributed by atoms with Crippen molar-refractivity contribution in [3.63, 3.8) is 0 Å². The van der Waals surface area contributed by atoms with Crippen LogP contribution in [-0.2, 0) is 0 Å².